The lowest BCUT2D eigenvalue weighted by molar-refractivity contribution is -0.137. The molecule has 0 aliphatic carbocycles. The van der Waals surface area contributed by atoms with Gasteiger partial charge in [-0.15, -0.1) is 0 Å². The van der Waals surface area contributed by atoms with Gasteiger partial charge in [0.05, 0.1) is 27.7 Å². The smallest absolute Gasteiger partial charge is 0.416 e. The Morgan fingerprint density at radius 3 is 2.71 bits per heavy atom. The summed E-state index contributed by atoms with van der Waals surface area (Å²) in [6.07, 6.45) is -1.97. The first-order valence-corrected chi connectivity index (χ1v) is 12.4. The summed E-state index contributed by atoms with van der Waals surface area (Å²) in [6.45, 7) is 2.05. The van der Waals surface area contributed by atoms with Crippen LogP contribution in [0.2, 0.25) is 0 Å². The third-order valence-electron chi connectivity index (χ3n) is 5.78. The first-order chi connectivity index (χ1) is 18.2. The second-order valence-corrected chi connectivity index (χ2v) is 9.57. The number of thiazole rings is 1. The van der Waals surface area contributed by atoms with E-state index in [4.69, 9.17) is 4.74 Å². The quantitative estimate of drug-likeness (QED) is 0.306. The van der Waals surface area contributed by atoms with Gasteiger partial charge in [0.2, 0.25) is 17.7 Å². The summed E-state index contributed by atoms with van der Waals surface area (Å²) in [5.41, 5.74) is 0.114. The van der Waals surface area contributed by atoms with Crippen LogP contribution in [0.15, 0.2) is 48.8 Å². The van der Waals surface area contributed by atoms with Crippen LogP contribution in [0.1, 0.15) is 25.3 Å². The van der Waals surface area contributed by atoms with E-state index >= 15 is 0 Å². The van der Waals surface area contributed by atoms with Crippen molar-refractivity contribution >= 4 is 44.2 Å². The molecule has 1 fully saturated rings. The minimum Gasteiger partial charge on any atom is -0.437 e. The third kappa shape index (κ3) is 5.58. The number of carbonyl (C=O) groups is 2. The van der Waals surface area contributed by atoms with Crippen molar-refractivity contribution in [3.63, 3.8) is 0 Å². The van der Waals surface area contributed by atoms with Gasteiger partial charge in [0, 0.05) is 18.6 Å². The minimum absolute atomic E-state index is 0.0234. The van der Waals surface area contributed by atoms with Crippen LogP contribution in [0.25, 0.3) is 21.5 Å². The molecule has 3 N–H and O–H groups in total. The predicted molar refractivity (Wildman–Crippen MR) is 136 cm³/mol. The Morgan fingerprint density at radius 2 is 1.97 bits per heavy atom. The molecule has 1 atom stereocenters. The van der Waals surface area contributed by atoms with Crippen LogP contribution in [-0.2, 0) is 15.8 Å². The van der Waals surface area contributed by atoms with Crippen LogP contribution in [-0.4, -0.2) is 39.4 Å². The van der Waals surface area contributed by atoms with Gasteiger partial charge in [-0.3, -0.25) is 9.59 Å². The highest BCUT2D eigenvalue weighted by Gasteiger charge is 2.32. The van der Waals surface area contributed by atoms with Gasteiger partial charge < -0.3 is 20.7 Å². The summed E-state index contributed by atoms with van der Waals surface area (Å²) < 4.78 is 47.1. The maximum Gasteiger partial charge on any atom is 0.416 e. The van der Waals surface area contributed by atoms with Crippen LogP contribution in [0, 0.1) is 0 Å². The molecule has 1 aliphatic heterocycles. The number of para-hydroxylation sites is 1. The number of fused-ring (bicyclic) bond motifs is 1. The number of ether oxygens (including phenoxy) is 1. The normalized spacial score (nSPS) is 15.4. The highest BCUT2D eigenvalue weighted by Crippen LogP contribution is 2.38. The maximum atomic E-state index is 13.4. The minimum atomic E-state index is -4.59. The Kier molecular flexibility index (Phi) is 6.95. The molecule has 0 spiro atoms. The number of carbonyl (C=O) groups excluding carboxylic acids is 2. The molecule has 0 unspecified atom stereocenters. The van der Waals surface area contributed by atoms with Crippen molar-refractivity contribution in [1.29, 1.82) is 0 Å². The van der Waals surface area contributed by atoms with E-state index in [0.29, 0.717) is 29.4 Å². The van der Waals surface area contributed by atoms with E-state index in [0.717, 1.165) is 23.3 Å². The fraction of sp³-hybridized carbons (Fsp3) is 0.240. The number of nitrogens with zero attached hydrogens (tertiary/aromatic N) is 3. The third-order valence-corrected chi connectivity index (χ3v) is 6.72. The number of benzene rings is 2. The van der Waals surface area contributed by atoms with Crippen molar-refractivity contribution in [2.75, 3.05) is 17.2 Å². The number of rotatable bonds is 6. The van der Waals surface area contributed by atoms with E-state index in [1.807, 2.05) is 6.07 Å². The molecule has 2 aromatic heterocycles. The largest absolute Gasteiger partial charge is 0.437 e. The van der Waals surface area contributed by atoms with Crippen molar-refractivity contribution in [3.8, 4) is 22.9 Å². The molecule has 196 valence electrons. The van der Waals surface area contributed by atoms with Gasteiger partial charge in [0.15, 0.2) is 10.9 Å². The summed E-state index contributed by atoms with van der Waals surface area (Å²) in [7, 11) is 0. The van der Waals surface area contributed by atoms with E-state index < -0.39 is 23.7 Å². The van der Waals surface area contributed by atoms with Gasteiger partial charge in [-0.2, -0.15) is 13.2 Å². The number of hydrogen-bond donors (Lipinski definition) is 3. The zero-order chi connectivity index (χ0) is 26.9. The molecule has 13 heteroatoms. The lowest BCUT2D eigenvalue weighted by Gasteiger charge is -2.17. The van der Waals surface area contributed by atoms with Crippen molar-refractivity contribution in [2.24, 2.45) is 0 Å². The molecule has 4 aromatic rings. The van der Waals surface area contributed by atoms with E-state index in [9.17, 15) is 22.8 Å². The number of nitrogens with one attached hydrogen (secondary N) is 3. The van der Waals surface area contributed by atoms with E-state index in [1.54, 1.807) is 12.1 Å². The van der Waals surface area contributed by atoms with Crippen LogP contribution in [0.5, 0.6) is 11.6 Å². The Bertz CT molecular complexity index is 1520. The average molecular weight is 543 g/mol. The number of hydrogen-bond acceptors (Lipinski definition) is 8. The van der Waals surface area contributed by atoms with Crippen molar-refractivity contribution in [2.45, 2.75) is 32.0 Å². The predicted octanol–water partition coefficient (Wildman–Crippen LogP) is 5.21. The van der Waals surface area contributed by atoms with Crippen molar-refractivity contribution in [3.05, 3.63) is 54.4 Å². The Hall–Kier alpha value is -4.10. The number of alkyl halides is 3. The van der Waals surface area contributed by atoms with E-state index in [-0.39, 0.29) is 28.7 Å². The molecule has 0 bridgehead atoms. The zero-order valence-electron chi connectivity index (χ0n) is 19.9. The number of halogens is 3. The zero-order valence-corrected chi connectivity index (χ0v) is 20.7. The monoisotopic (exact) mass is 542 g/mol. The molecule has 9 nitrogen and oxygen atoms in total. The summed E-state index contributed by atoms with van der Waals surface area (Å²) >= 11 is 1.28. The standard InChI is InChI=1S/C25H21F3N6O3S/c1-13(35)32-24-34-22-19(5-2-6-20(22)38-24)37-21-11-17(30-12-31-21)15-8-7-14(25(26,27)28)10-18(15)33-23(36)16-4-3-9-29-16/h2,5-8,10-12,16,29H,3-4,9H2,1H3,(H,33,36)(H,32,34,35)/t16-/m1/s1. The molecule has 5 rings (SSSR count). The number of aromatic nitrogens is 3. The van der Waals surface area contributed by atoms with E-state index in [2.05, 4.69) is 30.9 Å². The first kappa shape index (κ1) is 25.5. The lowest BCUT2D eigenvalue weighted by Crippen LogP contribution is -2.35. The van der Waals surface area contributed by atoms with E-state index in [1.165, 1.54) is 36.7 Å². The molecular formula is C25H21F3N6O3S. The molecular weight excluding hydrogens is 521 g/mol. The molecule has 2 aromatic carbocycles. The van der Waals surface area contributed by atoms with Crippen molar-refractivity contribution < 1.29 is 27.5 Å². The lowest BCUT2D eigenvalue weighted by atomic mass is 10.0. The SMILES string of the molecule is CC(=O)Nc1nc2c(Oc3cc(-c4ccc(C(F)(F)F)cc4NC(=O)[C@H]4CCCN4)ncn3)cccc2s1. The van der Waals surface area contributed by atoms with Gasteiger partial charge in [-0.1, -0.05) is 23.5 Å². The van der Waals surface area contributed by atoms with Crippen LogP contribution in [0.3, 0.4) is 0 Å². The number of anilines is 2. The second-order valence-electron chi connectivity index (χ2n) is 8.54. The summed E-state index contributed by atoms with van der Waals surface area (Å²) in [6, 6.07) is 9.33. The van der Waals surface area contributed by atoms with Crippen LogP contribution < -0.4 is 20.7 Å². The number of amides is 2. The van der Waals surface area contributed by atoms with Crippen molar-refractivity contribution in [1.82, 2.24) is 20.3 Å². The maximum absolute atomic E-state index is 13.4. The molecule has 38 heavy (non-hydrogen) atoms. The Labute approximate surface area is 218 Å². The van der Waals surface area contributed by atoms with Crippen LogP contribution >= 0.6 is 11.3 Å². The second kappa shape index (κ2) is 10.3. The van der Waals surface area contributed by atoms with Crippen LogP contribution in [0.4, 0.5) is 24.0 Å². The average Bonchev–Trinajstić information content (AvgIpc) is 3.54. The van der Waals surface area contributed by atoms with Gasteiger partial charge in [0.25, 0.3) is 0 Å². The fourth-order valence-electron chi connectivity index (χ4n) is 4.04. The summed E-state index contributed by atoms with van der Waals surface area (Å²) in [4.78, 5) is 36.9. The topological polar surface area (TPSA) is 118 Å². The highest BCUT2D eigenvalue weighted by atomic mass is 32.1. The summed E-state index contributed by atoms with van der Waals surface area (Å²) in [5, 5.41) is 8.72. The van der Waals surface area contributed by atoms with Gasteiger partial charge >= 0.3 is 6.18 Å². The van der Waals surface area contributed by atoms with Gasteiger partial charge in [-0.25, -0.2) is 15.0 Å². The fourth-order valence-corrected chi connectivity index (χ4v) is 4.97. The molecule has 3 heterocycles. The first-order valence-electron chi connectivity index (χ1n) is 11.6. The summed E-state index contributed by atoms with van der Waals surface area (Å²) in [5.74, 6) is -0.187. The molecule has 1 saturated heterocycles. The highest BCUT2D eigenvalue weighted by molar-refractivity contribution is 7.22. The van der Waals surface area contributed by atoms with Gasteiger partial charge in [0.1, 0.15) is 11.8 Å². The molecule has 0 radical (unpaired) electrons. The van der Waals surface area contributed by atoms with Gasteiger partial charge in [-0.05, 0) is 43.7 Å². The molecule has 2 amide bonds. The molecule has 0 saturated carbocycles. The molecule has 1 aliphatic rings. The Balaban J connectivity index is 1.48. The Morgan fingerprint density at radius 1 is 1.13 bits per heavy atom.